The summed E-state index contributed by atoms with van der Waals surface area (Å²) in [5.74, 6) is 0.575. The van der Waals surface area contributed by atoms with Gasteiger partial charge in [0.1, 0.15) is 6.23 Å². The largest absolute Gasteiger partial charge is 0.378 e. The van der Waals surface area contributed by atoms with Crippen molar-refractivity contribution in [2.45, 2.75) is 40.3 Å². The molecule has 0 aliphatic heterocycles. The molecule has 0 heterocycles. The number of nitrogens with zero attached hydrogens (tertiary/aromatic N) is 1. The average Bonchev–Trinajstić information content (AvgIpc) is 1.88. The lowest BCUT2D eigenvalue weighted by Gasteiger charge is -2.26. The van der Waals surface area contributed by atoms with E-state index in [1.807, 2.05) is 0 Å². The SMILES string of the molecule is CCN(CC)C(O)CC(C)C.Cl. The second-order valence-corrected chi connectivity index (χ2v) is 3.33. The Balaban J connectivity index is 0. The summed E-state index contributed by atoms with van der Waals surface area (Å²) >= 11 is 0. The topological polar surface area (TPSA) is 23.5 Å². The fraction of sp³-hybridized carbons (Fsp3) is 1.00. The first-order valence-electron chi connectivity index (χ1n) is 4.53. The fourth-order valence-electron chi connectivity index (χ4n) is 1.22. The predicted molar refractivity (Wildman–Crippen MR) is 55.6 cm³/mol. The number of halogens is 1. The van der Waals surface area contributed by atoms with E-state index in [0.29, 0.717) is 5.92 Å². The lowest BCUT2D eigenvalue weighted by Crippen LogP contribution is -2.35. The monoisotopic (exact) mass is 195 g/mol. The summed E-state index contributed by atoms with van der Waals surface area (Å²) in [6, 6.07) is 0. The highest BCUT2D eigenvalue weighted by atomic mass is 35.5. The maximum Gasteiger partial charge on any atom is 0.107 e. The lowest BCUT2D eigenvalue weighted by atomic mass is 10.1. The highest BCUT2D eigenvalue weighted by molar-refractivity contribution is 5.85. The summed E-state index contributed by atoms with van der Waals surface area (Å²) in [7, 11) is 0. The summed E-state index contributed by atoms with van der Waals surface area (Å²) in [4.78, 5) is 2.07. The van der Waals surface area contributed by atoms with Crippen LogP contribution in [0.5, 0.6) is 0 Å². The number of aliphatic hydroxyl groups is 1. The first kappa shape index (κ1) is 14.7. The molecule has 1 N–H and O–H groups in total. The molecule has 0 aliphatic carbocycles. The van der Waals surface area contributed by atoms with Crippen LogP contribution in [0.1, 0.15) is 34.1 Å². The van der Waals surface area contributed by atoms with Gasteiger partial charge < -0.3 is 5.11 Å². The van der Waals surface area contributed by atoms with E-state index in [1.165, 1.54) is 0 Å². The van der Waals surface area contributed by atoms with Crippen LogP contribution in [0.3, 0.4) is 0 Å². The van der Waals surface area contributed by atoms with Crippen molar-refractivity contribution in [3.05, 3.63) is 0 Å². The molecule has 0 aromatic heterocycles. The van der Waals surface area contributed by atoms with Crippen molar-refractivity contribution < 1.29 is 5.11 Å². The molecule has 0 radical (unpaired) electrons. The van der Waals surface area contributed by atoms with Crippen LogP contribution in [0.25, 0.3) is 0 Å². The van der Waals surface area contributed by atoms with Gasteiger partial charge in [-0.15, -0.1) is 12.4 Å². The van der Waals surface area contributed by atoms with Crippen LogP contribution in [0.2, 0.25) is 0 Å². The summed E-state index contributed by atoms with van der Waals surface area (Å²) < 4.78 is 0. The average molecular weight is 196 g/mol. The summed E-state index contributed by atoms with van der Waals surface area (Å²) in [5.41, 5.74) is 0. The van der Waals surface area contributed by atoms with Crippen LogP contribution >= 0.6 is 12.4 Å². The van der Waals surface area contributed by atoms with Gasteiger partial charge in [-0.3, -0.25) is 4.90 Å². The van der Waals surface area contributed by atoms with E-state index in [0.717, 1.165) is 19.5 Å². The molecule has 12 heavy (non-hydrogen) atoms. The molecule has 76 valence electrons. The standard InChI is InChI=1S/C9H21NO.ClH/c1-5-10(6-2)9(11)7-8(3)4;/h8-9,11H,5-7H2,1-4H3;1H. The Morgan fingerprint density at radius 3 is 1.83 bits per heavy atom. The normalized spacial score (nSPS) is 13.2. The molecule has 0 saturated heterocycles. The molecule has 1 unspecified atom stereocenters. The van der Waals surface area contributed by atoms with Gasteiger partial charge in [0.15, 0.2) is 0 Å². The van der Waals surface area contributed by atoms with Crippen molar-refractivity contribution >= 4 is 12.4 Å². The van der Waals surface area contributed by atoms with Crippen LogP contribution in [0.4, 0.5) is 0 Å². The van der Waals surface area contributed by atoms with E-state index in [2.05, 4.69) is 32.6 Å². The lowest BCUT2D eigenvalue weighted by molar-refractivity contribution is -0.00407. The van der Waals surface area contributed by atoms with Crippen LogP contribution in [-0.4, -0.2) is 29.3 Å². The second-order valence-electron chi connectivity index (χ2n) is 3.33. The minimum Gasteiger partial charge on any atom is -0.378 e. The van der Waals surface area contributed by atoms with Crippen molar-refractivity contribution in [1.82, 2.24) is 4.90 Å². The number of aliphatic hydroxyl groups excluding tert-OH is 1. The third-order valence-electron chi connectivity index (χ3n) is 1.92. The van der Waals surface area contributed by atoms with Crippen LogP contribution in [-0.2, 0) is 0 Å². The van der Waals surface area contributed by atoms with Gasteiger partial charge in [0, 0.05) is 0 Å². The maximum atomic E-state index is 9.61. The zero-order chi connectivity index (χ0) is 8.85. The highest BCUT2D eigenvalue weighted by Crippen LogP contribution is 2.07. The Morgan fingerprint density at radius 2 is 1.58 bits per heavy atom. The van der Waals surface area contributed by atoms with E-state index in [1.54, 1.807) is 0 Å². The van der Waals surface area contributed by atoms with Crippen molar-refractivity contribution in [3.8, 4) is 0 Å². The molecule has 0 rings (SSSR count). The maximum absolute atomic E-state index is 9.61. The molecular weight excluding hydrogens is 174 g/mol. The third-order valence-corrected chi connectivity index (χ3v) is 1.92. The highest BCUT2D eigenvalue weighted by Gasteiger charge is 2.12. The van der Waals surface area contributed by atoms with E-state index >= 15 is 0 Å². The quantitative estimate of drug-likeness (QED) is 0.680. The Morgan fingerprint density at radius 1 is 1.17 bits per heavy atom. The van der Waals surface area contributed by atoms with Gasteiger partial charge in [0.05, 0.1) is 0 Å². The minimum atomic E-state index is -0.245. The van der Waals surface area contributed by atoms with E-state index in [9.17, 15) is 5.11 Å². The molecule has 0 aliphatic rings. The van der Waals surface area contributed by atoms with Gasteiger partial charge in [0.2, 0.25) is 0 Å². The van der Waals surface area contributed by atoms with Crippen LogP contribution < -0.4 is 0 Å². The summed E-state index contributed by atoms with van der Waals surface area (Å²) in [6.45, 7) is 10.3. The van der Waals surface area contributed by atoms with Crippen LogP contribution in [0, 0.1) is 5.92 Å². The van der Waals surface area contributed by atoms with Gasteiger partial charge in [-0.2, -0.15) is 0 Å². The minimum absolute atomic E-state index is 0. The van der Waals surface area contributed by atoms with E-state index < -0.39 is 0 Å². The van der Waals surface area contributed by atoms with Gasteiger partial charge >= 0.3 is 0 Å². The third kappa shape index (κ3) is 5.81. The smallest absolute Gasteiger partial charge is 0.107 e. The summed E-state index contributed by atoms with van der Waals surface area (Å²) in [5, 5.41) is 9.61. The van der Waals surface area contributed by atoms with Gasteiger partial charge in [-0.05, 0) is 25.4 Å². The molecule has 0 amide bonds. The van der Waals surface area contributed by atoms with Crippen molar-refractivity contribution in [3.63, 3.8) is 0 Å². The Hall–Kier alpha value is 0.210. The van der Waals surface area contributed by atoms with Gasteiger partial charge in [-0.1, -0.05) is 27.7 Å². The molecule has 0 aromatic rings. The molecule has 0 aromatic carbocycles. The molecule has 3 heteroatoms. The van der Waals surface area contributed by atoms with Crippen molar-refractivity contribution in [1.29, 1.82) is 0 Å². The zero-order valence-electron chi connectivity index (χ0n) is 8.58. The molecule has 1 atom stereocenters. The first-order valence-corrected chi connectivity index (χ1v) is 4.53. The Kier molecular flexibility index (Phi) is 9.61. The number of rotatable bonds is 5. The Labute approximate surface area is 82.4 Å². The molecule has 0 bridgehead atoms. The Bertz CT molecular complexity index is 94.5. The van der Waals surface area contributed by atoms with Gasteiger partial charge in [-0.25, -0.2) is 0 Å². The molecule has 0 fully saturated rings. The molecule has 2 nitrogen and oxygen atoms in total. The van der Waals surface area contributed by atoms with Crippen molar-refractivity contribution in [2.24, 2.45) is 5.92 Å². The fourth-order valence-corrected chi connectivity index (χ4v) is 1.22. The van der Waals surface area contributed by atoms with E-state index in [4.69, 9.17) is 0 Å². The van der Waals surface area contributed by atoms with Gasteiger partial charge in [0.25, 0.3) is 0 Å². The molecule has 0 saturated carbocycles. The molecule has 0 spiro atoms. The van der Waals surface area contributed by atoms with Crippen molar-refractivity contribution in [2.75, 3.05) is 13.1 Å². The number of hydrogen-bond donors (Lipinski definition) is 1. The van der Waals surface area contributed by atoms with E-state index in [-0.39, 0.29) is 18.6 Å². The van der Waals surface area contributed by atoms with Crippen LogP contribution in [0.15, 0.2) is 0 Å². The molecular formula is C9H22ClNO. The zero-order valence-corrected chi connectivity index (χ0v) is 9.40. The second kappa shape index (κ2) is 7.84. The summed E-state index contributed by atoms with van der Waals surface area (Å²) in [6.07, 6.45) is 0.631. The number of hydrogen-bond acceptors (Lipinski definition) is 2. The first-order chi connectivity index (χ1) is 5.11. The predicted octanol–water partition coefficient (Wildman–Crippen LogP) is 2.11.